The predicted octanol–water partition coefficient (Wildman–Crippen LogP) is 3.63. The van der Waals surface area contributed by atoms with Gasteiger partial charge in [-0.15, -0.1) is 0 Å². The molecule has 0 bridgehead atoms. The fourth-order valence-electron chi connectivity index (χ4n) is 1.87. The maximum atomic E-state index is 11.5. The van der Waals surface area contributed by atoms with Gasteiger partial charge in [-0.2, -0.15) is 0 Å². The molecular formula is C13H13BrO2. The Bertz CT molecular complexity index is 446. The first-order valence-corrected chi connectivity index (χ1v) is 5.88. The SMILES string of the molecule is C=C1C(=O)OC(c2ccc(Br)cc2)C1(C)C. The van der Waals surface area contributed by atoms with Gasteiger partial charge in [0.1, 0.15) is 6.10 Å². The third kappa shape index (κ3) is 1.69. The Kier molecular flexibility index (Phi) is 2.66. The largest absolute Gasteiger partial charge is 0.453 e. The number of cyclic esters (lactones) is 1. The number of rotatable bonds is 1. The van der Waals surface area contributed by atoms with Crippen LogP contribution >= 0.6 is 15.9 Å². The Morgan fingerprint density at radius 3 is 2.31 bits per heavy atom. The van der Waals surface area contributed by atoms with Gasteiger partial charge in [0.2, 0.25) is 0 Å². The minimum absolute atomic E-state index is 0.236. The van der Waals surface area contributed by atoms with Gasteiger partial charge in [0, 0.05) is 15.5 Å². The molecule has 1 heterocycles. The van der Waals surface area contributed by atoms with E-state index in [1.165, 1.54) is 0 Å². The number of ether oxygens (including phenoxy) is 1. The van der Waals surface area contributed by atoms with Gasteiger partial charge in [-0.25, -0.2) is 4.79 Å². The molecule has 1 fully saturated rings. The maximum absolute atomic E-state index is 11.5. The van der Waals surface area contributed by atoms with Gasteiger partial charge in [-0.1, -0.05) is 48.5 Å². The van der Waals surface area contributed by atoms with E-state index in [-0.39, 0.29) is 17.5 Å². The molecule has 1 aliphatic heterocycles. The van der Waals surface area contributed by atoms with Crippen molar-refractivity contribution in [3.05, 3.63) is 46.5 Å². The van der Waals surface area contributed by atoms with E-state index >= 15 is 0 Å². The Morgan fingerprint density at radius 2 is 1.88 bits per heavy atom. The summed E-state index contributed by atoms with van der Waals surface area (Å²) in [6.45, 7) is 7.76. The number of esters is 1. The van der Waals surface area contributed by atoms with E-state index in [9.17, 15) is 4.79 Å². The molecule has 1 aromatic rings. The lowest BCUT2D eigenvalue weighted by molar-refractivity contribution is -0.140. The molecule has 1 aromatic carbocycles. The fraction of sp³-hybridized carbons (Fsp3) is 0.308. The summed E-state index contributed by atoms with van der Waals surface area (Å²) >= 11 is 3.38. The van der Waals surface area contributed by atoms with Crippen LogP contribution in [0.5, 0.6) is 0 Å². The molecule has 0 radical (unpaired) electrons. The van der Waals surface area contributed by atoms with Crippen LogP contribution in [-0.2, 0) is 9.53 Å². The number of hydrogen-bond donors (Lipinski definition) is 0. The van der Waals surface area contributed by atoms with Crippen LogP contribution in [0.25, 0.3) is 0 Å². The summed E-state index contributed by atoms with van der Waals surface area (Å²) in [6.07, 6.45) is -0.236. The topological polar surface area (TPSA) is 26.3 Å². The summed E-state index contributed by atoms with van der Waals surface area (Å²) in [7, 11) is 0. The summed E-state index contributed by atoms with van der Waals surface area (Å²) in [4.78, 5) is 11.5. The quantitative estimate of drug-likeness (QED) is 0.580. The van der Waals surface area contributed by atoms with E-state index in [1.807, 2.05) is 38.1 Å². The molecule has 1 saturated heterocycles. The zero-order valence-corrected chi connectivity index (χ0v) is 10.9. The highest BCUT2D eigenvalue weighted by molar-refractivity contribution is 9.10. The van der Waals surface area contributed by atoms with Crippen molar-refractivity contribution in [2.75, 3.05) is 0 Å². The van der Waals surface area contributed by atoms with Gasteiger partial charge in [-0.05, 0) is 17.7 Å². The average molecular weight is 281 g/mol. The second-order valence-electron chi connectivity index (χ2n) is 4.54. The molecule has 0 saturated carbocycles. The van der Waals surface area contributed by atoms with Crippen LogP contribution in [0.4, 0.5) is 0 Å². The fourth-order valence-corrected chi connectivity index (χ4v) is 2.13. The van der Waals surface area contributed by atoms with Crippen molar-refractivity contribution in [3.8, 4) is 0 Å². The van der Waals surface area contributed by atoms with Gasteiger partial charge in [0.05, 0.1) is 0 Å². The lowest BCUT2D eigenvalue weighted by Gasteiger charge is -2.24. The van der Waals surface area contributed by atoms with Crippen LogP contribution in [0.3, 0.4) is 0 Å². The zero-order chi connectivity index (χ0) is 11.9. The second-order valence-corrected chi connectivity index (χ2v) is 5.45. The maximum Gasteiger partial charge on any atom is 0.334 e. The first kappa shape index (κ1) is 11.4. The van der Waals surface area contributed by atoms with Crippen molar-refractivity contribution < 1.29 is 9.53 Å². The molecule has 16 heavy (non-hydrogen) atoms. The number of halogens is 1. The van der Waals surface area contributed by atoms with Gasteiger partial charge in [0.25, 0.3) is 0 Å². The van der Waals surface area contributed by atoms with E-state index in [0.717, 1.165) is 10.0 Å². The van der Waals surface area contributed by atoms with Crippen LogP contribution in [0.15, 0.2) is 40.9 Å². The Balaban J connectivity index is 2.39. The third-order valence-corrected chi connectivity index (χ3v) is 3.61. The van der Waals surface area contributed by atoms with Crippen molar-refractivity contribution >= 4 is 21.9 Å². The lowest BCUT2D eigenvalue weighted by atomic mass is 9.79. The summed E-state index contributed by atoms with van der Waals surface area (Å²) in [6, 6.07) is 7.81. The monoisotopic (exact) mass is 280 g/mol. The van der Waals surface area contributed by atoms with Crippen LogP contribution < -0.4 is 0 Å². The second kappa shape index (κ2) is 3.74. The van der Waals surface area contributed by atoms with Crippen molar-refractivity contribution in [3.63, 3.8) is 0 Å². The van der Waals surface area contributed by atoms with Crippen LogP contribution in [-0.4, -0.2) is 5.97 Å². The van der Waals surface area contributed by atoms with Crippen molar-refractivity contribution in [1.29, 1.82) is 0 Å². The zero-order valence-electron chi connectivity index (χ0n) is 9.29. The standard InChI is InChI=1S/C13H13BrO2/c1-8-12(15)16-11(13(8,2)3)9-4-6-10(14)7-5-9/h4-7,11H,1H2,2-3H3. The van der Waals surface area contributed by atoms with Gasteiger partial charge < -0.3 is 4.74 Å². The third-order valence-electron chi connectivity index (χ3n) is 3.08. The van der Waals surface area contributed by atoms with Gasteiger partial charge >= 0.3 is 5.97 Å². The van der Waals surface area contributed by atoms with Gasteiger partial charge in [-0.3, -0.25) is 0 Å². The Morgan fingerprint density at radius 1 is 1.31 bits per heavy atom. The van der Waals surface area contributed by atoms with E-state index in [2.05, 4.69) is 22.5 Å². The molecular weight excluding hydrogens is 268 g/mol. The number of carbonyl (C=O) groups is 1. The van der Waals surface area contributed by atoms with Crippen LogP contribution in [0, 0.1) is 5.41 Å². The molecule has 1 atom stereocenters. The molecule has 0 spiro atoms. The molecule has 2 nitrogen and oxygen atoms in total. The highest BCUT2D eigenvalue weighted by Gasteiger charge is 2.46. The molecule has 2 rings (SSSR count). The highest BCUT2D eigenvalue weighted by atomic mass is 79.9. The first-order chi connectivity index (χ1) is 7.43. The van der Waals surface area contributed by atoms with Gasteiger partial charge in [0.15, 0.2) is 0 Å². The van der Waals surface area contributed by atoms with Crippen LogP contribution in [0.1, 0.15) is 25.5 Å². The summed E-state index contributed by atoms with van der Waals surface area (Å²) < 4.78 is 6.37. The summed E-state index contributed by atoms with van der Waals surface area (Å²) in [5.74, 6) is -0.294. The number of hydrogen-bond acceptors (Lipinski definition) is 2. The molecule has 0 aromatic heterocycles. The number of benzene rings is 1. The minimum Gasteiger partial charge on any atom is -0.453 e. The van der Waals surface area contributed by atoms with E-state index in [1.54, 1.807) is 0 Å². The Hall–Kier alpha value is -1.09. The molecule has 0 amide bonds. The number of carbonyl (C=O) groups excluding carboxylic acids is 1. The minimum atomic E-state index is -0.342. The summed E-state index contributed by atoms with van der Waals surface area (Å²) in [5.41, 5.74) is 1.20. The summed E-state index contributed by atoms with van der Waals surface area (Å²) in [5, 5.41) is 0. The van der Waals surface area contributed by atoms with E-state index in [4.69, 9.17) is 4.74 Å². The molecule has 1 unspecified atom stereocenters. The van der Waals surface area contributed by atoms with E-state index < -0.39 is 0 Å². The molecule has 84 valence electrons. The van der Waals surface area contributed by atoms with Crippen molar-refractivity contribution in [2.45, 2.75) is 20.0 Å². The van der Waals surface area contributed by atoms with E-state index in [0.29, 0.717) is 5.57 Å². The molecule has 3 heteroatoms. The highest BCUT2D eigenvalue weighted by Crippen LogP contribution is 2.47. The Labute approximate surface area is 103 Å². The lowest BCUT2D eigenvalue weighted by Crippen LogP contribution is -2.17. The normalized spacial score (nSPS) is 23.3. The average Bonchev–Trinajstić information content (AvgIpc) is 2.44. The van der Waals surface area contributed by atoms with Crippen molar-refractivity contribution in [2.24, 2.45) is 5.41 Å². The molecule has 0 N–H and O–H groups in total. The first-order valence-electron chi connectivity index (χ1n) is 5.09. The smallest absolute Gasteiger partial charge is 0.334 e. The van der Waals surface area contributed by atoms with Crippen LogP contribution in [0.2, 0.25) is 0 Å². The predicted molar refractivity (Wildman–Crippen MR) is 65.9 cm³/mol. The molecule has 0 aliphatic carbocycles. The van der Waals surface area contributed by atoms with Crippen molar-refractivity contribution in [1.82, 2.24) is 0 Å². The molecule has 1 aliphatic rings.